The number of hydrogen-bond acceptors (Lipinski definition) is 4. The van der Waals surface area contributed by atoms with Gasteiger partial charge in [-0.3, -0.25) is 0 Å². The highest BCUT2D eigenvalue weighted by atomic mass is 35.5. The fourth-order valence-corrected chi connectivity index (χ4v) is 3.12. The second-order valence-electron chi connectivity index (χ2n) is 6.55. The van der Waals surface area contributed by atoms with Crippen molar-refractivity contribution >= 4 is 51.5 Å². The topological polar surface area (TPSA) is 76.1 Å². The molecule has 0 saturated carbocycles. The summed E-state index contributed by atoms with van der Waals surface area (Å²) in [5, 5.41) is 6.90. The molecule has 0 spiro atoms. The number of ether oxygens (including phenoxy) is 1. The molecule has 2 N–H and O–H groups in total. The molecule has 4 aromatic rings. The van der Waals surface area contributed by atoms with Crippen LogP contribution in [0.25, 0.3) is 10.9 Å². The van der Waals surface area contributed by atoms with E-state index in [0.29, 0.717) is 32.7 Å². The Labute approximate surface area is 187 Å². The molecule has 0 unspecified atom stereocenters. The molecule has 9 heteroatoms. The molecule has 0 saturated heterocycles. The summed E-state index contributed by atoms with van der Waals surface area (Å²) in [6.07, 6.45) is 3.06. The SMILES string of the molecule is O=C(Nc1ccc(Cl)c(Cl)c1)Nc1cc2ncncc2cc1OCc1ccc(F)cc1. The van der Waals surface area contributed by atoms with Crippen LogP contribution in [0.5, 0.6) is 5.75 Å². The van der Waals surface area contributed by atoms with E-state index in [-0.39, 0.29) is 12.4 Å². The van der Waals surface area contributed by atoms with Gasteiger partial charge in [0.05, 0.1) is 21.2 Å². The number of anilines is 2. The lowest BCUT2D eigenvalue weighted by molar-refractivity contribution is 0.261. The second-order valence-corrected chi connectivity index (χ2v) is 7.37. The van der Waals surface area contributed by atoms with E-state index in [2.05, 4.69) is 20.6 Å². The van der Waals surface area contributed by atoms with Crippen LogP contribution in [0.3, 0.4) is 0 Å². The number of benzene rings is 3. The van der Waals surface area contributed by atoms with Crippen LogP contribution in [0.2, 0.25) is 10.0 Å². The van der Waals surface area contributed by atoms with Crippen molar-refractivity contribution in [2.45, 2.75) is 6.61 Å². The summed E-state index contributed by atoms with van der Waals surface area (Å²) in [5.74, 6) is 0.0869. The number of urea groups is 1. The summed E-state index contributed by atoms with van der Waals surface area (Å²) in [6, 6.07) is 13.7. The summed E-state index contributed by atoms with van der Waals surface area (Å²) < 4.78 is 19.0. The van der Waals surface area contributed by atoms with Crippen LogP contribution >= 0.6 is 23.2 Å². The molecular weight excluding hydrogens is 442 g/mol. The Morgan fingerprint density at radius 1 is 1.00 bits per heavy atom. The molecule has 0 aliphatic carbocycles. The van der Waals surface area contributed by atoms with E-state index >= 15 is 0 Å². The van der Waals surface area contributed by atoms with Gasteiger partial charge in [-0.2, -0.15) is 0 Å². The van der Waals surface area contributed by atoms with Gasteiger partial charge in [0.15, 0.2) is 0 Å². The first-order chi connectivity index (χ1) is 15.0. The first-order valence-corrected chi connectivity index (χ1v) is 9.87. The van der Waals surface area contributed by atoms with E-state index < -0.39 is 6.03 Å². The Kier molecular flexibility index (Phi) is 6.16. The number of carbonyl (C=O) groups excluding carboxylic acids is 1. The van der Waals surface area contributed by atoms with Crippen molar-refractivity contribution in [3.8, 4) is 5.75 Å². The van der Waals surface area contributed by atoms with Gasteiger partial charge in [0.1, 0.15) is 24.5 Å². The van der Waals surface area contributed by atoms with Gasteiger partial charge in [0, 0.05) is 17.3 Å². The lowest BCUT2D eigenvalue weighted by Gasteiger charge is -2.14. The standard InChI is InChI=1S/C22H15Cl2FN4O2/c23-17-6-5-16(8-18(17)24)28-22(30)29-20-9-19-14(10-26-12-27-19)7-21(20)31-11-13-1-3-15(25)4-2-13/h1-10,12H,11H2,(H2,28,29,30). The highest BCUT2D eigenvalue weighted by molar-refractivity contribution is 6.42. The molecule has 31 heavy (non-hydrogen) atoms. The third-order valence-electron chi connectivity index (χ3n) is 4.34. The van der Waals surface area contributed by atoms with Crippen molar-refractivity contribution in [1.29, 1.82) is 0 Å². The number of hydrogen-bond donors (Lipinski definition) is 2. The molecule has 156 valence electrons. The van der Waals surface area contributed by atoms with E-state index in [1.54, 1.807) is 48.7 Å². The van der Waals surface area contributed by atoms with Crippen LogP contribution in [0.15, 0.2) is 67.1 Å². The Morgan fingerprint density at radius 3 is 2.58 bits per heavy atom. The monoisotopic (exact) mass is 456 g/mol. The average molecular weight is 457 g/mol. The van der Waals surface area contributed by atoms with Crippen molar-refractivity contribution in [3.63, 3.8) is 0 Å². The highest BCUT2D eigenvalue weighted by Crippen LogP contribution is 2.31. The number of carbonyl (C=O) groups is 1. The van der Waals surface area contributed by atoms with Crippen molar-refractivity contribution in [2.24, 2.45) is 0 Å². The molecule has 1 heterocycles. The zero-order valence-corrected chi connectivity index (χ0v) is 17.4. The van der Waals surface area contributed by atoms with Gasteiger partial charge < -0.3 is 15.4 Å². The number of rotatable bonds is 5. The van der Waals surface area contributed by atoms with Gasteiger partial charge >= 0.3 is 6.03 Å². The third kappa shape index (κ3) is 5.20. The normalized spacial score (nSPS) is 10.7. The molecule has 0 bridgehead atoms. The predicted octanol–water partition coefficient (Wildman–Crippen LogP) is 6.30. The van der Waals surface area contributed by atoms with Gasteiger partial charge in [-0.05, 0) is 48.0 Å². The summed E-state index contributed by atoms with van der Waals surface area (Å²) >= 11 is 11.9. The van der Waals surface area contributed by atoms with E-state index in [0.717, 1.165) is 10.9 Å². The Morgan fingerprint density at radius 2 is 1.81 bits per heavy atom. The summed E-state index contributed by atoms with van der Waals surface area (Å²) in [5.41, 5.74) is 2.29. The van der Waals surface area contributed by atoms with Gasteiger partial charge in [0.25, 0.3) is 0 Å². The Balaban J connectivity index is 1.56. The minimum Gasteiger partial charge on any atom is -0.487 e. The van der Waals surface area contributed by atoms with Crippen LogP contribution in [-0.4, -0.2) is 16.0 Å². The molecule has 6 nitrogen and oxygen atoms in total. The van der Waals surface area contributed by atoms with Crippen LogP contribution in [-0.2, 0) is 6.61 Å². The zero-order valence-electron chi connectivity index (χ0n) is 15.9. The smallest absolute Gasteiger partial charge is 0.323 e. The number of nitrogens with one attached hydrogen (secondary N) is 2. The van der Waals surface area contributed by atoms with Gasteiger partial charge in [-0.25, -0.2) is 19.2 Å². The van der Waals surface area contributed by atoms with Crippen LogP contribution in [0.1, 0.15) is 5.56 Å². The maximum absolute atomic E-state index is 13.1. The summed E-state index contributed by atoms with van der Waals surface area (Å²) in [7, 11) is 0. The van der Waals surface area contributed by atoms with Crippen molar-refractivity contribution in [2.75, 3.05) is 10.6 Å². The van der Waals surface area contributed by atoms with Gasteiger partial charge in [-0.1, -0.05) is 35.3 Å². The predicted molar refractivity (Wildman–Crippen MR) is 119 cm³/mol. The molecule has 0 radical (unpaired) electrons. The van der Waals surface area contributed by atoms with Gasteiger partial charge in [-0.15, -0.1) is 0 Å². The first-order valence-electron chi connectivity index (χ1n) is 9.12. The van der Waals surface area contributed by atoms with Crippen molar-refractivity contribution in [3.05, 3.63) is 88.5 Å². The molecule has 1 aromatic heterocycles. The molecule has 0 aliphatic rings. The zero-order chi connectivity index (χ0) is 21.8. The number of fused-ring (bicyclic) bond motifs is 1. The Hall–Kier alpha value is -3.42. The first kappa shape index (κ1) is 20.8. The molecule has 4 rings (SSSR count). The molecule has 0 fully saturated rings. The number of nitrogens with zero attached hydrogens (tertiary/aromatic N) is 2. The number of halogens is 3. The molecule has 0 aliphatic heterocycles. The van der Waals surface area contributed by atoms with Crippen molar-refractivity contribution < 1.29 is 13.9 Å². The second kappa shape index (κ2) is 9.16. The minimum absolute atomic E-state index is 0.183. The quantitative estimate of drug-likeness (QED) is 0.369. The fraction of sp³-hybridized carbons (Fsp3) is 0.0455. The largest absolute Gasteiger partial charge is 0.487 e. The van der Waals surface area contributed by atoms with E-state index in [1.807, 2.05) is 0 Å². The van der Waals surface area contributed by atoms with E-state index in [4.69, 9.17) is 27.9 Å². The van der Waals surface area contributed by atoms with Crippen LogP contribution < -0.4 is 15.4 Å². The maximum atomic E-state index is 13.1. The average Bonchev–Trinajstić information content (AvgIpc) is 2.76. The molecule has 0 atom stereocenters. The lowest BCUT2D eigenvalue weighted by atomic mass is 10.2. The number of amides is 2. The highest BCUT2D eigenvalue weighted by Gasteiger charge is 2.12. The van der Waals surface area contributed by atoms with E-state index in [1.165, 1.54) is 18.5 Å². The third-order valence-corrected chi connectivity index (χ3v) is 5.08. The fourth-order valence-electron chi connectivity index (χ4n) is 2.83. The van der Waals surface area contributed by atoms with Crippen LogP contribution in [0.4, 0.5) is 20.6 Å². The summed E-state index contributed by atoms with van der Waals surface area (Å²) in [6.45, 7) is 0.183. The molecular formula is C22H15Cl2FN4O2. The van der Waals surface area contributed by atoms with Gasteiger partial charge in [0.2, 0.25) is 0 Å². The maximum Gasteiger partial charge on any atom is 0.323 e. The lowest BCUT2D eigenvalue weighted by Crippen LogP contribution is -2.20. The molecule has 2 amide bonds. The number of aromatic nitrogens is 2. The molecule has 3 aromatic carbocycles. The van der Waals surface area contributed by atoms with E-state index in [9.17, 15) is 9.18 Å². The Bertz CT molecular complexity index is 1250. The minimum atomic E-state index is -0.501. The summed E-state index contributed by atoms with van der Waals surface area (Å²) in [4.78, 5) is 20.8. The van der Waals surface area contributed by atoms with Crippen molar-refractivity contribution in [1.82, 2.24) is 9.97 Å². The van der Waals surface area contributed by atoms with Crippen LogP contribution in [0, 0.1) is 5.82 Å².